The number of amides is 1. The summed E-state index contributed by atoms with van der Waals surface area (Å²) in [5.41, 5.74) is 2.27. The van der Waals surface area contributed by atoms with E-state index in [1.54, 1.807) is 24.0 Å². The molecule has 0 N–H and O–H groups in total. The Morgan fingerprint density at radius 2 is 1.95 bits per heavy atom. The van der Waals surface area contributed by atoms with E-state index in [-0.39, 0.29) is 12.3 Å². The van der Waals surface area contributed by atoms with Crippen molar-refractivity contribution in [3.8, 4) is 5.75 Å². The standard InChI is InChI=1S/C30H36FN5O3/c1-19-16-32-30(33-17-19)35-9-5-21(6-10-35)25-13-22(25)8-12-38-24-4-3-23(26(31)15-24)14-29(37)36-11-7-28-27(18-36)34-20(2)39-28/h3-4,15-17,21-22,25H,5-14,18H2,1-2H3/t22-,25-/m1/s1. The minimum Gasteiger partial charge on any atom is -0.493 e. The number of fused-ring (bicyclic) bond motifs is 1. The van der Waals surface area contributed by atoms with Crippen molar-refractivity contribution in [3.05, 3.63) is 64.9 Å². The molecule has 1 saturated heterocycles. The summed E-state index contributed by atoms with van der Waals surface area (Å²) in [6.07, 6.45) is 9.05. The zero-order valence-electron chi connectivity index (χ0n) is 22.7. The molecule has 4 heterocycles. The Morgan fingerprint density at radius 1 is 1.15 bits per heavy atom. The summed E-state index contributed by atoms with van der Waals surface area (Å²) in [4.78, 5) is 30.1. The highest BCUT2D eigenvalue weighted by Crippen LogP contribution is 2.49. The molecule has 1 saturated carbocycles. The zero-order valence-corrected chi connectivity index (χ0v) is 22.7. The molecule has 1 amide bonds. The van der Waals surface area contributed by atoms with Gasteiger partial charge in [-0.05, 0) is 67.6 Å². The molecule has 2 aliphatic heterocycles. The second kappa shape index (κ2) is 10.9. The van der Waals surface area contributed by atoms with E-state index in [2.05, 4.69) is 19.9 Å². The number of carbonyl (C=O) groups is 1. The van der Waals surface area contributed by atoms with Crippen LogP contribution in [0, 0.1) is 37.4 Å². The molecular weight excluding hydrogens is 497 g/mol. The van der Waals surface area contributed by atoms with Crippen molar-refractivity contribution >= 4 is 11.9 Å². The van der Waals surface area contributed by atoms with Crippen LogP contribution in [0.15, 0.2) is 35.0 Å². The van der Waals surface area contributed by atoms with E-state index in [1.807, 2.05) is 19.3 Å². The summed E-state index contributed by atoms with van der Waals surface area (Å²) in [5.74, 6) is 4.54. The van der Waals surface area contributed by atoms with Crippen LogP contribution in [0.3, 0.4) is 0 Å². The van der Waals surface area contributed by atoms with Gasteiger partial charge in [-0.1, -0.05) is 6.07 Å². The second-order valence-corrected chi connectivity index (χ2v) is 11.3. The average molecular weight is 534 g/mol. The van der Waals surface area contributed by atoms with Gasteiger partial charge < -0.3 is 19.0 Å². The van der Waals surface area contributed by atoms with Crippen molar-refractivity contribution in [2.45, 2.75) is 58.9 Å². The largest absolute Gasteiger partial charge is 0.493 e. The molecule has 1 aromatic carbocycles. The molecule has 0 bridgehead atoms. The predicted octanol–water partition coefficient (Wildman–Crippen LogP) is 4.67. The third kappa shape index (κ3) is 5.92. The molecule has 0 radical (unpaired) electrons. The highest BCUT2D eigenvalue weighted by atomic mass is 19.1. The van der Waals surface area contributed by atoms with Crippen LogP contribution >= 0.6 is 0 Å². The lowest BCUT2D eigenvalue weighted by Gasteiger charge is -2.32. The topological polar surface area (TPSA) is 84.6 Å². The summed E-state index contributed by atoms with van der Waals surface area (Å²) in [7, 11) is 0. The summed E-state index contributed by atoms with van der Waals surface area (Å²) >= 11 is 0. The number of carbonyl (C=O) groups excluding carboxylic acids is 1. The van der Waals surface area contributed by atoms with Gasteiger partial charge >= 0.3 is 0 Å². The van der Waals surface area contributed by atoms with Gasteiger partial charge in [0.05, 0.1) is 19.6 Å². The zero-order chi connectivity index (χ0) is 26.9. The van der Waals surface area contributed by atoms with Gasteiger partial charge in [-0.25, -0.2) is 19.3 Å². The first-order valence-corrected chi connectivity index (χ1v) is 14.1. The molecule has 0 spiro atoms. The number of anilines is 1. The minimum absolute atomic E-state index is 0.0247. The summed E-state index contributed by atoms with van der Waals surface area (Å²) in [5, 5.41) is 0. The number of aryl methyl sites for hydroxylation is 2. The molecule has 3 aromatic rings. The lowest BCUT2D eigenvalue weighted by molar-refractivity contribution is -0.131. The van der Waals surface area contributed by atoms with Gasteiger partial charge in [0.2, 0.25) is 11.9 Å². The molecular formula is C30H36FN5O3. The van der Waals surface area contributed by atoms with E-state index >= 15 is 0 Å². The quantitative estimate of drug-likeness (QED) is 0.416. The fraction of sp³-hybridized carbons (Fsp3) is 0.533. The van der Waals surface area contributed by atoms with Crippen LogP contribution in [-0.2, 0) is 24.2 Å². The van der Waals surface area contributed by atoms with Crippen molar-refractivity contribution < 1.29 is 18.3 Å². The number of aromatic nitrogens is 3. The molecule has 39 heavy (non-hydrogen) atoms. The van der Waals surface area contributed by atoms with Gasteiger partial charge in [-0.15, -0.1) is 0 Å². The van der Waals surface area contributed by atoms with Gasteiger partial charge in [-0.3, -0.25) is 4.79 Å². The Labute approximate surface area is 228 Å². The maximum atomic E-state index is 14.8. The van der Waals surface area contributed by atoms with Crippen molar-refractivity contribution in [2.75, 3.05) is 31.1 Å². The Morgan fingerprint density at radius 3 is 2.72 bits per heavy atom. The Balaban J connectivity index is 0.924. The average Bonchev–Trinajstić information content (AvgIpc) is 3.61. The van der Waals surface area contributed by atoms with Crippen LogP contribution < -0.4 is 9.64 Å². The van der Waals surface area contributed by atoms with E-state index in [4.69, 9.17) is 9.15 Å². The number of ether oxygens (including phenoxy) is 1. The van der Waals surface area contributed by atoms with Gasteiger partial charge in [0, 0.05) is 51.4 Å². The molecule has 206 valence electrons. The summed E-state index contributed by atoms with van der Waals surface area (Å²) in [6.45, 7) is 7.40. The van der Waals surface area contributed by atoms with Gasteiger partial charge in [0.25, 0.3) is 0 Å². The first-order valence-electron chi connectivity index (χ1n) is 14.1. The Kier molecular flexibility index (Phi) is 7.23. The molecule has 2 atom stereocenters. The third-order valence-corrected chi connectivity index (χ3v) is 8.48. The predicted molar refractivity (Wildman–Crippen MR) is 144 cm³/mol. The number of rotatable bonds is 8. The highest BCUT2D eigenvalue weighted by Gasteiger charge is 2.43. The first-order chi connectivity index (χ1) is 18.9. The fourth-order valence-corrected chi connectivity index (χ4v) is 6.16. The van der Waals surface area contributed by atoms with Crippen LogP contribution in [0.5, 0.6) is 5.75 Å². The highest BCUT2D eigenvalue weighted by molar-refractivity contribution is 5.79. The number of piperidine rings is 1. The van der Waals surface area contributed by atoms with Gasteiger partial charge in [0.15, 0.2) is 5.89 Å². The van der Waals surface area contributed by atoms with Crippen molar-refractivity contribution in [1.29, 1.82) is 0 Å². The molecule has 9 heteroatoms. The van der Waals surface area contributed by atoms with Gasteiger partial charge in [0.1, 0.15) is 23.0 Å². The molecule has 2 aromatic heterocycles. The Hall–Kier alpha value is -3.49. The normalized spacial score (nSPS) is 21.1. The number of hydrogen-bond acceptors (Lipinski definition) is 7. The molecule has 6 rings (SSSR count). The minimum atomic E-state index is -0.399. The second-order valence-electron chi connectivity index (χ2n) is 11.3. The SMILES string of the molecule is Cc1cnc(N2CCC([C@H]3C[C@H]3CCOc3ccc(CC(=O)N4CCc5oc(C)nc5C4)c(F)c3)CC2)nc1. The van der Waals surface area contributed by atoms with E-state index in [0.29, 0.717) is 49.2 Å². The summed E-state index contributed by atoms with van der Waals surface area (Å²) in [6, 6.07) is 4.85. The number of nitrogens with zero attached hydrogens (tertiary/aromatic N) is 5. The number of oxazole rings is 1. The van der Waals surface area contributed by atoms with Crippen LogP contribution in [-0.4, -0.2) is 52.0 Å². The molecule has 8 nitrogen and oxygen atoms in total. The molecule has 1 aliphatic carbocycles. The van der Waals surface area contributed by atoms with Crippen molar-refractivity contribution in [3.63, 3.8) is 0 Å². The lowest BCUT2D eigenvalue weighted by Crippen LogP contribution is -2.36. The third-order valence-electron chi connectivity index (χ3n) is 8.48. The number of benzene rings is 1. The van der Waals surface area contributed by atoms with Crippen LogP contribution in [0.2, 0.25) is 0 Å². The fourth-order valence-electron chi connectivity index (χ4n) is 6.16. The molecule has 2 fully saturated rings. The van der Waals surface area contributed by atoms with Crippen molar-refractivity contribution in [2.24, 2.45) is 17.8 Å². The van der Waals surface area contributed by atoms with Crippen LogP contribution in [0.25, 0.3) is 0 Å². The van der Waals surface area contributed by atoms with Gasteiger partial charge in [-0.2, -0.15) is 0 Å². The lowest BCUT2D eigenvalue weighted by atomic mass is 9.90. The van der Waals surface area contributed by atoms with E-state index < -0.39 is 5.82 Å². The Bertz CT molecular complexity index is 1320. The van der Waals surface area contributed by atoms with E-state index in [9.17, 15) is 9.18 Å². The molecule has 0 unspecified atom stereocenters. The first kappa shape index (κ1) is 25.8. The maximum Gasteiger partial charge on any atom is 0.227 e. The molecule has 3 aliphatic rings. The maximum absolute atomic E-state index is 14.8. The smallest absolute Gasteiger partial charge is 0.227 e. The van der Waals surface area contributed by atoms with E-state index in [1.165, 1.54) is 25.3 Å². The van der Waals surface area contributed by atoms with Crippen LogP contribution in [0.4, 0.5) is 10.3 Å². The van der Waals surface area contributed by atoms with E-state index in [0.717, 1.165) is 54.3 Å². The summed E-state index contributed by atoms with van der Waals surface area (Å²) < 4.78 is 26.3. The van der Waals surface area contributed by atoms with Crippen LogP contribution in [0.1, 0.15) is 54.2 Å². The monoisotopic (exact) mass is 533 g/mol. The number of halogens is 1. The number of hydrogen-bond donors (Lipinski definition) is 0. The van der Waals surface area contributed by atoms with Crippen molar-refractivity contribution in [1.82, 2.24) is 19.9 Å².